The number of benzene rings is 2. The number of nitrogens with zero attached hydrogens (tertiary/aromatic N) is 2. The van der Waals surface area contributed by atoms with Crippen LogP contribution in [0, 0.1) is 0 Å². The van der Waals surface area contributed by atoms with Crippen LogP contribution < -0.4 is 10.6 Å². The van der Waals surface area contributed by atoms with Gasteiger partial charge in [-0.2, -0.15) is 0 Å². The van der Waals surface area contributed by atoms with Crippen LogP contribution in [0.1, 0.15) is 35.7 Å². The molecule has 0 fully saturated rings. The van der Waals surface area contributed by atoms with Crippen molar-refractivity contribution >= 4 is 34.0 Å². The number of hydrogen-bond acceptors (Lipinski definition) is 4. The van der Waals surface area contributed by atoms with E-state index in [2.05, 4.69) is 34.4 Å². The number of nitrogens with one attached hydrogen (secondary N) is 2. The molecule has 0 spiro atoms. The van der Waals surface area contributed by atoms with Gasteiger partial charge in [-0.25, -0.2) is 4.98 Å². The fourth-order valence-corrected chi connectivity index (χ4v) is 3.10. The van der Waals surface area contributed by atoms with Crippen molar-refractivity contribution in [2.45, 2.75) is 19.8 Å². The summed E-state index contributed by atoms with van der Waals surface area (Å²) in [4.78, 5) is 21.3. The molecule has 29 heavy (non-hydrogen) atoms. The minimum atomic E-state index is -0.187. The first kappa shape index (κ1) is 18.6. The summed E-state index contributed by atoms with van der Waals surface area (Å²) in [5.74, 6) is 0.926. The van der Waals surface area contributed by atoms with Crippen LogP contribution in [0.5, 0.6) is 0 Å². The lowest BCUT2D eigenvalue weighted by atomic mass is 10.0. The Morgan fingerprint density at radius 3 is 2.41 bits per heavy atom. The number of pyridine rings is 2. The highest BCUT2D eigenvalue weighted by molar-refractivity contribution is 6.04. The number of fused-ring (bicyclic) bond motifs is 1. The molecule has 0 aliphatic carbocycles. The van der Waals surface area contributed by atoms with Crippen LogP contribution in [0.4, 0.5) is 17.2 Å². The Balaban J connectivity index is 1.46. The maximum atomic E-state index is 12.5. The summed E-state index contributed by atoms with van der Waals surface area (Å²) >= 11 is 0. The molecule has 0 saturated heterocycles. The lowest BCUT2D eigenvalue weighted by molar-refractivity contribution is 0.102. The SMILES string of the molecule is CC(C)c1ccc(NC(=O)c2ccc(Nc3cccc4cccnc34)nc2)cc1. The lowest BCUT2D eigenvalue weighted by Gasteiger charge is -2.10. The van der Waals surface area contributed by atoms with Gasteiger partial charge in [-0.1, -0.05) is 44.2 Å². The van der Waals surface area contributed by atoms with Gasteiger partial charge >= 0.3 is 0 Å². The second kappa shape index (κ2) is 8.10. The fourth-order valence-electron chi connectivity index (χ4n) is 3.10. The van der Waals surface area contributed by atoms with Gasteiger partial charge in [-0.05, 0) is 47.9 Å². The number of hydrogen-bond donors (Lipinski definition) is 2. The van der Waals surface area contributed by atoms with Crippen LogP contribution in [0.3, 0.4) is 0 Å². The van der Waals surface area contributed by atoms with Gasteiger partial charge in [0, 0.05) is 23.5 Å². The van der Waals surface area contributed by atoms with Gasteiger partial charge in [0.05, 0.1) is 16.8 Å². The van der Waals surface area contributed by atoms with Crippen molar-refractivity contribution in [3.8, 4) is 0 Å². The van der Waals surface area contributed by atoms with Crippen molar-refractivity contribution in [1.82, 2.24) is 9.97 Å². The zero-order valence-corrected chi connectivity index (χ0v) is 16.4. The Kier molecular flexibility index (Phi) is 5.20. The molecule has 0 atom stereocenters. The van der Waals surface area contributed by atoms with E-state index in [-0.39, 0.29) is 5.91 Å². The standard InChI is InChI=1S/C24H22N4O/c1-16(2)17-8-11-20(12-9-17)27-24(29)19-10-13-22(26-15-19)28-21-7-3-5-18-6-4-14-25-23(18)21/h3-16H,1-2H3,(H,26,28)(H,27,29). The zero-order valence-electron chi connectivity index (χ0n) is 16.4. The molecule has 5 heteroatoms. The van der Waals surface area contributed by atoms with Crippen molar-refractivity contribution in [2.75, 3.05) is 10.6 Å². The molecule has 2 heterocycles. The normalized spacial score (nSPS) is 10.9. The number of para-hydroxylation sites is 1. The Labute approximate surface area is 169 Å². The molecule has 1 amide bonds. The largest absolute Gasteiger partial charge is 0.338 e. The van der Waals surface area contributed by atoms with E-state index in [4.69, 9.17) is 0 Å². The van der Waals surface area contributed by atoms with Crippen molar-refractivity contribution in [3.63, 3.8) is 0 Å². The first-order valence-corrected chi connectivity index (χ1v) is 9.58. The van der Waals surface area contributed by atoms with Crippen molar-refractivity contribution in [2.24, 2.45) is 0 Å². The van der Waals surface area contributed by atoms with Gasteiger partial charge in [-0.15, -0.1) is 0 Å². The van der Waals surface area contributed by atoms with Crippen LogP contribution in [0.15, 0.2) is 79.1 Å². The highest BCUT2D eigenvalue weighted by atomic mass is 16.1. The lowest BCUT2D eigenvalue weighted by Crippen LogP contribution is -2.12. The topological polar surface area (TPSA) is 66.9 Å². The molecule has 0 aliphatic heterocycles. The highest BCUT2D eigenvalue weighted by Crippen LogP contribution is 2.24. The van der Waals surface area contributed by atoms with Gasteiger partial charge < -0.3 is 10.6 Å². The molecular weight excluding hydrogens is 360 g/mol. The number of anilines is 3. The van der Waals surface area contributed by atoms with Crippen LogP contribution in [-0.4, -0.2) is 15.9 Å². The minimum Gasteiger partial charge on any atom is -0.338 e. The molecule has 4 rings (SSSR count). The van der Waals surface area contributed by atoms with E-state index < -0.39 is 0 Å². The van der Waals surface area contributed by atoms with Gasteiger partial charge in [0.2, 0.25) is 0 Å². The number of amides is 1. The smallest absolute Gasteiger partial charge is 0.257 e. The summed E-state index contributed by atoms with van der Waals surface area (Å²) < 4.78 is 0. The quantitative estimate of drug-likeness (QED) is 0.461. The molecule has 4 aromatic rings. The second-order valence-electron chi connectivity index (χ2n) is 7.17. The van der Waals surface area contributed by atoms with Crippen molar-refractivity contribution < 1.29 is 4.79 Å². The average molecular weight is 382 g/mol. The monoisotopic (exact) mass is 382 g/mol. The highest BCUT2D eigenvalue weighted by Gasteiger charge is 2.08. The van der Waals surface area contributed by atoms with E-state index in [9.17, 15) is 4.79 Å². The summed E-state index contributed by atoms with van der Waals surface area (Å²) in [6.45, 7) is 4.28. The van der Waals surface area contributed by atoms with Gasteiger partial charge in [0.25, 0.3) is 5.91 Å². The zero-order chi connectivity index (χ0) is 20.2. The Hall–Kier alpha value is -3.73. The molecule has 0 saturated carbocycles. The van der Waals surface area contributed by atoms with Gasteiger partial charge in [0.1, 0.15) is 5.82 Å². The maximum absolute atomic E-state index is 12.5. The summed E-state index contributed by atoms with van der Waals surface area (Å²) in [6.07, 6.45) is 3.33. The Morgan fingerprint density at radius 2 is 1.69 bits per heavy atom. The third-order valence-corrected chi connectivity index (χ3v) is 4.76. The molecule has 2 aromatic carbocycles. The van der Waals surface area contributed by atoms with Crippen molar-refractivity contribution in [1.29, 1.82) is 0 Å². The van der Waals surface area contributed by atoms with E-state index in [1.54, 1.807) is 24.5 Å². The molecule has 0 bridgehead atoms. The summed E-state index contributed by atoms with van der Waals surface area (Å²) in [7, 11) is 0. The minimum absolute atomic E-state index is 0.187. The first-order chi connectivity index (χ1) is 14.1. The maximum Gasteiger partial charge on any atom is 0.257 e. The third kappa shape index (κ3) is 4.24. The molecule has 144 valence electrons. The van der Waals surface area contributed by atoms with E-state index in [0.717, 1.165) is 22.3 Å². The summed E-state index contributed by atoms with van der Waals surface area (Å²) in [6, 6.07) is 21.3. The predicted octanol–water partition coefficient (Wildman–Crippen LogP) is 5.75. The molecule has 2 aromatic heterocycles. The van der Waals surface area contributed by atoms with Crippen LogP contribution in [-0.2, 0) is 0 Å². The number of carbonyl (C=O) groups is 1. The fraction of sp³-hybridized carbons (Fsp3) is 0.125. The van der Waals surface area contributed by atoms with Crippen LogP contribution in [0.25, 0.3) is 10.9 Å². The Bertz CT molecular complexity index is 1130. The van der Waals surface area contributed by atoms with E-state index in [1.165, 1.54) is 5.56 Å². The predicted molar refractivity (Wildman–Crippen MR) is 118 cm³/mol. The number of rotatable bonds is 5. The van der Waals surface area contributed by atoms with Gasteiger partial charge in [0.15, 0.2) is 0 Å². The molecule has 5 nitrogen and oxygen atoms in total. The van der Waals surface area contributed by atoms with E-state index in [1.807, 2.05) is 54.6 Å². The van der Waals surface area contributed by atoms with E-state index in [0.29, 0.717) is 17.3 Å². The molecule has 2 N–H and O–H groups in total. The third-order valence-electron chi connectivity index (χ3n) is 4.76. The molecule has 0 radical (unpaired) electrons. The number of carbonyl (C=O) groups excluding carboxylic acids is 1. The number of aromatic nitrogens is 2. The summed E-state index contributed by atoms with van der Waals surface area (Å²) in [5, 5.41) is 7.24. The van der Waals surface area contributed by atoms with Gasteiger partial charge in [-0.3, -0.25) is 9.78 Å². The second-order valence-corrected chi connectivity index (χ2v) is 7.17. The first-order valence-electron chi connectivity index (χ1n) is 9.58. The average Bonchev–Trinajstić information content (AvgIpc) is 2.75. The van der Waals surface area contributed by atoms with Crippen molar-refractivity contribution in [3.05, 3.63) is 90.3 Å². The molecule has 0 unspecified atom stereocenters. The Morgan fingerprint density at radius 1 is 0.897 bits per heavy atom. The van der Waals surface area contributed by atoms with Crippen LogP contribution >= 0.6 is 0 Å². The van der Waals surface area contributed by atoms with E-state index >= 15 is 0 Å². The van der Waals surface area contributed by atoms with Crippen LogP contribution in [0.2, 0.25) is 0 Å². The summed E-state index contributed by atoms with van der Waals surface area (Å²) in [5.41, 5.74) is 4.26. The molecular formula is C24H22N4O. The molecule has 0 aliphatic rings.